The number of benzene rings is 1. The van der Waals surface area contributed by atoms with Crippen LogP contribution >= 0.6 is 11.6 Å². The topological polar surface area (TPSA) is 47.0 Å². The smallest absolute Gasteiger partial charge is 0.163 e. The van der Waals surface area contributed by atoms with Crippen LogP contribution < -0.4 is 10.1 Å². The van der Waals surface area contributed by atoms with Crippen LogP contribution in [0, 0.1) is 6.92 Å². The Kier molecular flexibility index (Phi) is 3.12. The van der Waals surface area contributed by atoms with Gasteiger partial charge in [0.05, 0.1) is 18.4 Å². The van der Waals surface area contributed by atoms with Crippen molar-refractivity contribution in [3.8, 4) is 17.1 Å². The number of rotatable bonds is 2. The van der Waals surface area contributed by atoms with Crippen LogP contribution in [-0.2, 0) is 13.1 Å². The van der Waals surface area contributed by atoms with Crippen molar-refractivity contribution >= 4 is 11.6 Å². The molecule has 5 heteroatoms. The van der Waals surface area contributed by atoms with Gasteiger partial charge in [-0.2, -0.15) is 0 Å². The Morgan fingerprint density at radius 2 is 2.11 bits per heavy atom. The molecule has 3 rings (SSSR count). The van der Waals surface area contributed by atoms with Crippen molar-refractivity contribution in [3.05, 3.63) is 40.2 Å². The quantitative estimate of drug-likeness (QED) is 0.915. The van der Waals surface area contributed by atoms with E-state index in [1.807, 2.05) is 19.1 Å². The van der Waals surface area contributed by atoms with Crippen molar-refractivity contribution in [1.29, 1.82) is 0 Å². The molecule has 0 unspecified atom stereocenters. The summed E-state index contributed by atoms with van der Waals surface area (Å²) in [6, 6.07) is 5.50. The summed E-state index contributed by atoms with van der Waals surface area (Å²) in [7, 11) is 1.62. The Morgan fingerprint density at radius 1 is 1.26 bits per heavy atom. The first kappa shape index (κ1) is 12.4. The first-order chi connectivity index (χ1) is 9.19. The van der Waals surface area contributed by atoms with E-state index in [1.165, 1.54) is 5.56 Å². The van der Waals surface area contributed by atoms with Gasteiger partial charge in [-0.05, 0) is 25.1 Å². The fourth-order valence-electron chi connectivity index (χ4n) is 2.31. The van der Waals surface area contributed by atoms with Gasteiger partial charge in [0.2, 0.25) is 0 Å². The summed E-state index contributed by atoms with van der Waals surface area (Å²) in [4.78, 5) is 9.21. The molecule has 1 aromatic heterocycles. The molecule has 1 N–H and O–H groups in total. The van der Waals surface area contributed by atoms with Crippen molar-refractivity contribution in [1.82, 2.24) is 15.3 Å². The number of aromatic nitrogens is 2. The zero-order valence-corrected chi connectivity index (χ0v) is 11.6. The summed E-state index contributed by atoms with van der Waals surface area (Å²) in [5, 5.41) is 3.93. The molecule has 0 bridgehead atoms. The Hall–Kier alpha value is -1.65. The summed E-state index contributed by atoms with van der Waals surface area (Å²) in [6.07, 6.45) is 0. The van der Waals surface area contributed by atoms with E-state index < -0.39 is 0 Å². The summed E-state index contributed by atoms with van der Waals surface area (Å²) in [5.41, 5.74) is 4.16. The predicted octanol–water partition coefficient (Wildman–Crippen LogP) is 2.72. The van der Waals surface area contributed by atoms with Crippen LogP contribution in [0.3, 0.4) is 0 Å². The van der Waals surface area contributed by atoms with Gasteiger partial charge in [-0.3, -0.25) is 0 Å². The maximum atomic E-state index is 5.98. The van der Waals surface area contributed by atoms with Crippen molar-refractivity contribution in [2.45, 2.75) is 20.0 Å². The molecule has 1 aromatic carbocycles. The van der Waals surface area contributed by atoms with Gasteiger partial charge in [0.1, 0.15) is 5.75 Å². The highest BCUT2D eigenvalue weighted by Gasteiger charge is 2.18. The number of ether oxygens (including phenoxy) is 1. The minimum atomic E-state index is 0.639. The summed E-state index contributed by atoms with van der Waals surface area (Å²) >= 11 is 5.98. The van der Waals surface area contributed by atoms with Crippen LogP contribution in [0.25, 0.3) is 11.4 Å². The normalized spacial score (nSPS) is 13.4. The van der Waals surface area contributed by atoms with Gasteiger partial charge in [0, 0.05) is 29.4 Å². The van der Waals surface area contributed by atoms with E-state index in [2.05, 4.69) is 15.3 Å². The summed E-state index contributed by atoms with van der Waals surface area (Å²) in [5.74, 6) is 1.38. The standard InChI is InChI=1S/C14H14ClN3O/c1-8-11-6-16-7-12(11)18-14(17-8)10-4-3-9(15)5-13(10)19-2/h3-5,16H,6-7H2,1-2H3. The van der Waals surface area contributed by atoms with Crippen LogP contribution in [0.4, 0.5) is 0 Å². The van der Waals surface area contributed by atoms with Crippen LogP contribution in [0.5, 0.6) is 5.75 Å². The maximum Gasteiger partial charge on any atom is 0.163 e. The molecule has 0 amide bonds. The number of nitrogens with zero attached hydrogens (tertiary/aromatic N) is 2. The number of halogens is 1. The molecule has 0 spiro atoms. The minimum Gasteiger partial charge on any atom is -0.496 e. The average Bonchev–Trinajstić information content (AvgIpc) is 2.87. The van der Waals surface area contributed by atoms with Gasteiger partial charge in [0.25, 0.3) is 0 Å². The lowest BCUT2D eigenvalue weighted by Gasteiger charge is -2.10. The monoisotopic (exact) mass is 275 g/mol. The van der Waals surface area contributed by atoms with Gasteiger partial charge in [0.15, 0.2) is 5.82 Å². The van der Waals surface area contributed by atoms with Gasteiger partial charge in [-0.25, -0.2) is 9.97 Å². The molecular formula is C14H14ClN3O. The van der Waals surface area contributed by atoms with E-state index in [-0.39, 0.29) is 0 Å². The van der Waals surface area contributed by atoms with Crippen molar-refractivity contribution < 1.29 is 4.74 Å². The van der Waals surface area contributed by atoms with Crippen LogP contribution in [-0.4, -0.2) is 17.1 Å². The first-order valence-corrected chi connectivity index (χ1v) is 6.48. The third kappa shape index (κ3) is 2.17. The zero-order valence-electron chi connectivity index (χ0n) is 10.8. The van der Waals surface area contributed by atoms with E-state index in [1.54, 1.807) is 13.2 Å². The number of fused-ring (bicyclic) bond motifs is 1. The SMILES string of the molecule is COc1cc(Cl)ccc1-c1nc(C)c2c(n1)CNC2. The molecular weight excluding hydrogens is 262 g/mol. The largest absolute Gasteiger partial charge is 0.496 e. The zero-order chi connectivity index (χ0) is 13.4. The Balaban J connectivity index is 2.15. The average molecular weight is 276 g/mol. The number of nitrogens with one attached hydrogen (secondary N) is 1. The molecule has 0 atom stereocenters. The second-order valence-corrected chi connectivity index (χ2v) is 4.94. The van der Waals surface area contributed by atoms with E-state index in [4.69, 9.17) is 16.3 Å². The Morgan fingerprint density at radius 3 is 2.89 bits per heavy atom. The summed E-state index contributed by atoms with van der Waals surface area (Å²) < 4.78 is 5.36. The molecule has 2 aromatic rings. The Labute approximate surface area is 116 Å². The molecule has 19 heavy (non-hydrogen) atoms. The van der Waals surface area contributed by atoms with Crippen LogP contribution in [0.1, 0.15) is 17.0 Å². The second kappa shape index (κ2) is 4.79. The lowest BCUT2D eigenvalue weighted by molar-refractivity contribution is 0.416. The molecule has 0 aliphatic carbocycles. The van der Waals surface area contributed by atoms with Crippen LogP contribution in [0.2, 0.25) is 5.02 Å². The van der Waals surface area contributed by atoms with E-state index in [0.717, 1.165) is 30.0 Å². The highest BCUT2D eigenvalue weighted by molar-refractivity contribution is 6.30. The third-order valence-corrected chi connectivity index (χ3v) is 3.53. The van der Waals surface area contributed by atoms with Crippen molar-refractivity contribution in [3.63, 3.8) is 0 Å². The molecule has 0 fully saturated rings. The van der Waals surface area contributed by atoms with Gasteiger partial charge in [-0.15, -0.1) is 0 Å². The van der Waals surface area contributed by atoms with Gasteiger partial charge >= 0.3 is 0 Å². The lowest BCUT2D eigenvalue weighted by Crippen LogP contribution is -2.01. The fourth-order valence-corrected chi connectivity index (χ4v) is 2.47. The molecule has 4 nitrogen and oxygen atoms in total. The number of aryl methyl sites for hydroxylation is 1. The van der Waals surface area contributed by atoms with Crippen molar-refractivity contribution in [2.24, 2.45) is 0 Å². The fraction of sp³-hybridized carbons (Fsp3) is 0.286. The highest BCUT2D eigenvalue weighted by atomic mass is 35.5. The molecule has 0 saturated carbocycles. The third-order valence-electron chi connectivity index (χ3n) is 3.30. The minimum absolute atomic E-state index is 0.639. The van der Waals surface area contributed by atoms with E-state index >= 15 is 0 Å². The second-order valence-electron chi connectivity index (χ2n) is 4.51. The van der Waals surface area contributed by atoms with Crippen molar-refractivity contribution in [2.75, 3.05) is 7.11 Å². The molecule has 2 heterocycles. The van der Waals surface area contributed by atoms with E-state index in [0.29, 0.717) is 16.6 Å². The number of hydrogen-bond acceptors (Lipinski definition) is 4. The predicted molar refractivity (Wildman–Crippen MR) is 74.3 cm³/mol. The van der Waals surface area contributed by atoms with E-state index in [9.17, 15) is 0 Å². The summed E-state index contributed by atoms with van der Waals surface area (Å²) in [6.45, 7) is 3.65. The molecule has 1 aliphatic rings. The van der Waals surface area contributed by atoms with Gasteiger partial charge in [-0.1, -0.05) is 11.6 Å². The highest BCUT2D eigenvalue weighted by Crippen LogP contribution is 2.31. The lowest BCUT2D eigenvalue weighted by atomic mass is 10.1. The molecule has 1 aliphatic heterocycles. The van der Waals surface area contributed by atoms with Gasteiger partial charge < -0.3 is 10.1 Å². The molecule has 0 saturated heterocycles. The molecule has 98 valence electrons. The first-order valence-electron chi connectivity index (χ1n) is 6.10. The Bertz CT molecular complexity index is 643. The number of methoxy groups -OCH3 is 1. The molecule has 0 radical (unpaired) electrons. The van der Waals surface area contributed by atoms with Crippen LogP contribution in [0.15, 0.2) is 18.2 Å². The number of hydrogen-bond donors (Lipinski definition) is 1. The maximum absolute atomic E-state index is 5.98.